The van der Waals surface area contributed by atoms with Gasteiger partial charge in [-0.2, -0.15) is 0 Å². The molecular weight excluding hydrogens is 200 g/mol. The Kier molecular flexibility index (Phi) is 2.79. The lowest BCUT2D eigenvalue weighted by molar-refractivity contribution is 0.444. The summed E-state index contributed by atoms with van der Waals surface area (Å²) in [6.07, 6.45) is 0. The van der Waals surface area contributed by atoms with Crippen LogP contribution in [0.1, 0.15) is 30.2 Å². The van der Waals surface area contributed by atoms with Crippen molar-refractivity contribution in [3.8, 4) is 11.3 Å². The maximum absolute atomic E-state index is 5.76. The molecule has 0 amide bonds. The van der Waals surface area contributed by atoms with Gasteiger partial charge in [0.1, 0.15) is 11.5 Å². The molecule has 0 aliphatic heterocycles. The molecule has 3 nitrogen and oxygen atoms in total. The summed E-state index contributed by atoms with van der Waals surface area (Å²) >= 11 is 0. The zero-order chi connectivity index (χ0) is 11.7. The Morgan fingerprint density at radius 3 is 2.50 bits per heavy atom. The standard InChI is InChI=1S/C13H16N2O/c1-8-6-4-5-7-11(8)12-10(3)16-13(15-12)9(2)14/h4-7,9H,14H2,1-3H3. The molecule has 0 fully saturated rings. The maximum atomic E-state index is 5.76. The monoisotopic (exact) mass is 216 g/mol. The Morgan fingerprint density at radius 2 is 1.94 bits per heavy atom. The first-order valence-electron chi connectivity index (χ1n) is 5.38. The SMILES string of the molecule is Cc1ccccc1-c1nc(C(C)N)oc1C. The minimum absolute atomic E-state index is 0.170. The summed E-state index contributed by atoms with van der Waals surface area (Å²) in [6, 6.07) is 7.96. The predicted molar refractivity (Wildman–Crippen MR) is 64.0 cm³/mol. The Morgan fingerprint density at radius 1 is 1.25 bits per heavy atom. The second-order valence-corrected chi connectivity index (χ2v) is 4.06. The first-order chi connectivity index (χ1) is 7.59. The highest BCUT2D eigenvalue weighted by Crippen LogP contribution is 2.27. The lowest BCUT2D eigenvalue weighted by Crippen LogP contribution is -2.04. The second kappa shape index (κ2) is 4.10. The summed E-state index contributed by atoms with van der Waals surface area (Å²) in [7, 11) is 0. The van der Waals surface area contributed by atoms with Gasteiger partial charge in [-0.25, -0.2) is 4.98 Å². The number of aryl methyl sites for hydroxylation is 2. The Labute approximate surface area is 95.3 Å². The van der Waals surface area contributed by atoms with Gasteiger partial charge in [0.05, 0.1) is 6.04 Å². The first kappa shape index (κ1) is 10.9. The van der Waals surface area contributed by atoms with Crippen LogP contribution in [-0.4, -0.2) is 4.98 Å². The lowest BCUT2D eigenvalue weighted by Gasteiger charge is -2.01. The maximum Gasteiger partial charge on any atom is 0.211 e. The molecular formula is C13H16N2O. The fourth-order valence-electron chi connectivity index (χ4n) is 1.70. The average molecular weight is 216 g/mol. The summed E-state index contributed by atoms with van der Waals surface area (Å²) in [5, 5.41) is 0. The summed E-state index contributed by atoms with van der Waals surface area (Å²) in [4.78, 5) is 4.45. The molecule has 2 aromatic rings. The van der Waals surface area contributed by atoms with Crippen LogP contribution in [0.4, 0.5) is 0 Å². The number of aromatic nitrogens is 1. The predicted octanol–water partition coefficient (Wildman–Crippen LogP) is 2.98. The van der Waals surface area contributed by atoms with Crippen molar-refractivity contribution in [1.29, 1.82) is 0 Å². The molecule has 0 aliphatic rings. The van der Waals surface area contributed by atoms with Crippen molar-refractivity contribution in [2.45, 2.75) is 26.8 Å². The average Bonchev–Trinajstić information content (AvgIpc) is 2.61. The summed E-state index contributed by atoms with van der Waals surface area (Å²) < 4.78 is 5.55. The van der Waals surface area contributed by atoms with Crippen molar-refractivity contribution in [2.24, 2.45) is 5.73 Å². The molecule has 0 spiro atoms. The molecule has 0 aliphatic carbocycles. The van der Waals surface area contributed by atoms with Crippen LogP contribution in [0, 0.1) is 13.8 Å². The van der Waals surface area contributed by atoms with Gasteiger partial charge in [0, 0.05) is 5.56 Å². The van der Waals surface area contributed by atoms with E-state index in [1.807, 2.05) is 32.0 Å². The fraction of sp³-hybridized carbons (Fsp3) is 0.308. The third-order valence-electron chi connectivity index (χ3n) is 2.60. The molecule has 2 rings (SSSR count). The second-order valence-electron chi connectivity index (χ2n) is 4.06. The molecule has 1 heterocycles. The number of nitrogens with two attached hydrogens (primary N) is 1. The summed E-state index contributed by atoms with van der Waals surface area (Å²) in [5.41, 5.74) is 8.95. The van der Waals surface area contributed by atoms with Gasteiger partial charge in [0.2, 0.25) is 5.89 Å². The van der Waals surface area contributed by atoms with Gasteiger partial charge in [0.15, 0.2) is 0 Å². The Balaban J connectivity index is 2.52. The highest BCUT2D eigenvalue weighted by molar-refractivity contribution is 5.64. The number of nitrogens with zero attached hydrogens (tertiary/aromatic N) is 1. The Bertz CT molecular complexity index is 500. The van der Waals surface area contributed by atoms with E-state index in [1.165, 1.54) is 5.56 Å². The normalized spacial score (nSPS) is 12.8. The summed E-state index contributed by atoms with van der Waals surface area (Å²) in [6.45, 7) is 5.85. The third kappa shape index (κ3) is 1.86. The van der Waals surface area contributed by atoms with E-state index in [0.717, 1.165) is 17.0 Å². The first-order valence-corrected chi connectivity index (χ1v) is 5.38. The molecule has 3 heteroatoms. The minimum atomic E-state index is -0.170. The van der Waals surface area contributed by atoms with Gasteiger partial charge < -0.3 is 10.2 Å². The highest BCUT2D eigenvalue weighted by Gasteiger charge is 2.14. The van der Waals surface area contributed by atoms with Crippen LogP contribution in [0.3, 0.4) is 0 Å². The topological polar surface area (TPSA) is 52.0 Å². The van der Waals surface area contributed by atoms with Gasteiger partial charge in [0.25, 0.3) is 0 Å². The molecule has 0 saturated heterocycles. The van der Waals surface area contributed by atoms with E-state index >= 15 is 0 Å². The molecule has 1 aromatic heterocycles. The van der Waals surface area contributed by atoms with E-state index in [-0.39, 0.29) is 6.04 Å². The highest BCUT2D eigenvalue weighted by atomic mass is 16.4. The fourth-order valence-corrected chi connectivity index (χ4v) is 1.70. The molecule has 0 saturated carbocycles. The van der Waals surface area contributed by atoms with Crippen LogP contribution in [0.25, 0.3) is 11.3 Å². The zero-order valence-corrected chi connectivity index (χ0v) is 9.82. The zero-order valence-electron chi connectivity index (χ0n) is 9.82. The van der Waals surface area contributed by atoms with Crippen molar-refractivity contribution < 1.29 is 4.42 Å². The van der Waals surface area contributed by atoms with Gasteiger partial charge in [-0.05, 0) is 26.3 Å². The summed E-state index contributed by atoms with van der Waals surface area (Å²) in [5.74, 6) is 1.41. The molecule has 84 valence electrons. The largest absolute Gasteiger partial charge is 0.444 e. The van der Waals surface area contributed by atoms with Crippen LogP contribution in [0.5, 0.6) is 0 Å². The van der Waals surface area contributed by atoms with Crippen molar-refractivity contribution >= 4 is 0 Å². The van der Waals surface area contributed by atoms with Gasteiger partial charge in [-0.3, -0.25) is 0 Å². The smallest absolute Gasteiger partial charge is 0.211 e. The molecule has 16 heavy (non-hydrogen) atoms. The van der Waals surface area contributed by atoms with E-state index in [1.54, 1.807) is 0 Å². The molecule has 1 aromatic carbocycles. The van der Waals surface area contributed by atoms with Crippen molar-refractivity contribution in [3.63, 3.8) is 0 Å². The molecule has 0 radical (unpaired) electrons. The van der Waals surface area contributed by atoms with Crippen LogP contribution >= 0.6 is 0 Å². The lowest BCUT2D eigenvalue weighted by atomic mass is 10.1. The molecule has 2 N–H and O–H groups in total. The van der Waals surface area contributed by atoms with Crippen molar-refractivity contribution in [1.82, 2.24) is 4.98 Å². The number of hydrogen-bond donors (Lipinski definition) is 1. The molecule has 1 atom stereocenters. The van der Waals surface area contributed by atoms with E-state index < -0.39 is 0 Å². The number of rotatable bonds is 2. The van der Waals surface area contributed by atoms with Crippen LogP contribution < -0.4 is 5.73 Å². The van der Waals surface area contributed by atoms with Crippen LogP contribution in [0.2, 0.25) is 0 Å². The minimum Gasteiger partial charge on any atom is -0.444 e. The van der Waals surface area contributed by atoms with Crippen LogP contribution in [-0.2, 0) is 0 Å². The van der Waals surface area contributed by atoms with Crippen LogP contribution in [0.15, 0.2) is 28.7 Å². The Hall–Kier alpha value is -1.61. The van der Waals surface area contributed by atoms with Gasteiger partial charge >= 0.3 is 0 Å². The van der Waals surface area contributed by atoms with Gasteiger partial charge in [-0.1, -0.05) is 24.3 Å². The van der Waals surface area contributed by atoms with E-state index in [9.17, 15) is 0 Å². The number of benzene rings is 1. The number of hydrogen-bond acceptors (Lipinski definition) is 3. The third-order valence-corrected chi connectivity index (χ3v) is 2.60. The van der Waals surface area contributed by atoms with Crippen molar-refractivity contribution in [3.05, 3.63) is 41.5 Å². The molecule has 0 bridgehead atoms. The van der Waals surface area contributed by atoms with E-state index in [4.69, 9.17) is 10.2 Å². The number of oxazole rings is 1. The van der Waals surface area contributed by atoms with Gasteiger partial charge in [-0.15, -0.1) is 0 Å². The molecule has 1 unspecified atom stereocenters. The van der Waals surface area contributed by atoms with Crippen molar-refractivity contribution in [2.75, 3.05) is 0 Å². The van der Waals surface area contributed by atoms with E-state index in [2.05, 4.69) is 18.0 Å². The van der Waals surface area contributed by atoms with E-state index in [0.29, 0.717) is 5.89 Å². The quantitative estimate of drug-likeness (QED) is 0.839.